The first-order valence-corrected chi connectivity index (χ1v) is 11.0. The molecular formula is C23H38O2. The van der Waals surface area contributed by atoms with Crippen molar-refractivity contribution in [3.8, 4) is 0 Å². The molecule has 0 aromatic rings. The molecule has 0 aromatic heterocycles. The number of carbonyl (C=O) groups excluding carboxylic acids is 1. The van der Waals surface area contributed by atoms with Gasteiger partial charge in [0.1, 0.15) is 5.78 Å². The molecule has 4 aliphatic rings. The third-order valence-corrected chi connectivity index (χ3v) is 9.34. The molecule has 0 bridgehead atoms. The minimum Gasteiger partial charge on any atom is -0.390 e. The second-order valence-corrected chi connectivity index (χ2v) is 10.9. The summed E-state index contributed by atoms with van der Waals surface area (Å²) in [7, 11) is 0. The van der Waals surface area contributed by atoms with Gasteiger partial charge in [0.2, 0.25) is 0 Å². The summed E-state index contributed by atoms with van der Waals surface area (Å²) in [5.41, 5.74) is -0.174. The molecule has 4 rings (SSSR count). The van der Waals surface area contributed by atoms with Crippen molar-refractivity contribution < 1.29 is 9.90 Å². The van der Waals surface area contributed by atoms with Crippen LogP contribution in [0.5, 0.6) is 0 Å². The molecule has 4 saturated carbocycles. The van der Waals surface area contributed by atoms with E-state index < -0.39 is 5.60 Å². The van der Waals surface area contributed by atoms with Gasteiger partial charge >= 0.3 is 0 Å². The number of hydrogen-bond donors (Lipinski definition) is 1. The molecule has 0 aliphatic heterocycles. The third-order valence-electron chi connectivity index (χ3n) is 9.34. The number of rotatable bonds is 1. The van der Waals surface area contributed by atoms with Crippen LogP contribution in [0.4, 0.5) is 0 Å². The first kappa shape index (κ1) is 18.0. The molecule has 2 nitrogen and oxygen atoms in total. The van der Waals surface area contributed by atoms with Crippen LogP contribution in [0.2, 0.25) is 0 Å². The molecule has 0 radical (unpaired) electrons. The summed E-state index contributed by atoms with van der Waals surface area (Å²) >= 11 is 0. The van der Waals surface area contributed by atoms with Gasteiger partial charge < -0.3 is 5.11 Å². The lowest BCUT2D eigenvalue weighted by Gasteiger charge is -2.62. The molecule has 0 unspecified atom stereocenters. The molecule has 4 fully saturated rings. The summed E-state index contributed by atoms with van der Waals surface area (Å²) in [4.78, 5) is 12.4. The van der Waals surface area contributed by atoms with Crippen LogP contribution >= 0.6 is 0 Å². The third kappa shape index (κ3) is 2.82. The smallest absolute Gasteiger partial charge is 0.133 e. The van der Waals surface area contributed by atoms with Gasteiger partial charge in [-0.3, -0.25) is 4.79 Å². The largest absolute Gasteiger partial charge is 0.390 e. The molecular weight excluding hydrogens is 308 g/mol. The molecule has 0 saturated heterocycles. The average Bonchev–Trinajstić information content (AvgIpc) is 2.52. The summed E-state index contributed by atoms with van der Waals surface area (Å²) in [6.45, 7) is 8.83. The highest BCUT2D eigenvalue weighted by atomic mass is 16.3. The lowest BCUT2D eigenvalue weighted by molar-refractivity contribution is -0.155. The molecule has 4 aliphatic carbocycles. The van der Waals surface area contributed by atoms with Crippen LogP contribution in [0.25, 0.3) is 0 Å². The van der Waals surface area contributed by atoms with Gasteiger partial charge in [0.25, 0.3) is 0 Å². The highest BCUT2D eigenvalue weighted by Crippen LogP contribution is 2.64. The van der Waals surface area contributed by atoms with E-state index in [2.05, 4.69) is 13.8 Å². The van der Waals surface area contributed by atoms with Crippen LogP contribution in [0, 0.1) is 46.8 Å². The Morgan fingerprint density at radius 2 is 1.64 bits per heavy atom. The van der Waals surface area contributed by atoms with Crippen molar-refractivity contribution in [3.05, 3.63) is 0 Å². The predicted octanol–water partition coefficient (Wildman–Crippen LogP) is 5.23. The summed E-state index contributed by atoms with van der Waals surface area (Å²) in [6.07, 6.45) is 10.9. The van der Waals surface area contributed by atoms with Crippen molar-refractivity contribution in [3.63, 3.8) is 0 Å². The Morgan fingerprint density at radius 1 is 0.920 bits per heavy atom. The van der Waals surface area contributed by atoms with Crippen LogP contribution in [-0.2, 0) is 4.79 Å². The van der Waals surface area contributed by atoms with Gasteiger partial charge in [0, 0.05) is 5.92 Å². The zero-order valence-corrected chi connectivity index (χ0v) is 16.8. The van der Waals surface area contributed by atoms with E-state index in [9.17, 15) is 9.90 Å². The molecule has 0 heterocycles. The highest BCUT2D eigenvalue weighted by molar-refractivity contribution is 5.79. The first-order valence-electron chi connectivity index (χ1n) is 11.0. The van der Waals surface area contributed by atoms with E-state index in [0.29, 0.717) is 11.7 Å². The van der Waals surface area contributed by atoms with E-state index in [1.54, 1.807) is 0 Å². The average molecular weight is 347 g/mol. The topological polar surface area (TPSA) is 37.3 Å². The molecule has 0 amide bonds. The maximum atomic E-state index is 12.4. The van der Waals surface area contributed by atoms with Gasteiger partial charge in [-0.2, -0.15) is 0 Å². The molecule has 142 valence electrons. The Bertz CT molecular complexity index is 538. The van der Waals surface area contributed by atoms with Crippen LogP contribution in [0.15, 0.2) is 0 Å². The molecule has 1 N–H and O–H groups in total. The number of Topliss-reactive ketones (excluding diaryl/α,β-unsaturated/α-hetero) is 1. The van der Waals surface area contributed by atoms with Crippen LogP contribution in [0.3, 0.4) is 0 Å². The molecule has 0 aromatic carbocycles. The van der Waals surface area contributed by atoms with Crippen molar-refractivity contribution in [1.29, 1.82) is 0 Å². The fourth-order valence-corrected chi connectivity index (χ4v) is 8.44. The monoisotopic (exact) mass is 346 g/mol. The van der Waals surface area contributed by atoms with E-state index in [1.807, 2.05) is 13.8 Å². The number of hydrogen-bond acceptors (Lipinski definition) is 2. The quantitative estimate of drug-likeness (QED) is 0.706. The zero-order chi connectivity index (χ0) is 18.0. The zero-order valence-electron chi connectivity index (χ0n) is 16.8. The minimum absolute atomic E-state index is 0.248. The van der Waals surface area contributed by atoms with E-state index >= 15 is 0 Å². The van der Waals surface area contributed by atoms with Gasteiger partial charge in [-0.15, -0.1) is 0 Å². The van der Waals surface area contributed by atoms with Crippen molar-refractivity contribution >= 4 is 5.78 Å². The lowest BCUT2D eigenvalue weighted by atomic mass is 9.43. The highest BCUT2D eigenvalue weighted by Gasteiger charge is 2.58. The van der Waals surface area contributed by atoms with Crippen molar-refractivity contribution in [1.82, 2.24) is 0 Å². The van der Waals surface area contributed by atoms with Gasteiger partial charge in [0.15, 0.2) is 0 Å². The Balaban J connectivity index is 1.61. The fraction of sp³-hybridized carbons (Fsp3) is 0.957. The second-order valence-electron chi connectivity index (χ2n) is 10.9. The SMILES string of the molecule is CC(=O)[C@H]1CC[C@@H](C)[C@H]2[C@@H]3CC[C@H]4C[C@](C)(O)CC[C@@H]4[C@H]3CC[C@@]21C. The van der Waals surface area contributed by atoms with Crippen molar-refractivity contribution in [2.24, 2.45) is 46.8 Å². The van der Waals surface area contributed by atoms with Gasteiger partial charge in [-0.25, -0.2) is 0 Å². The molecule has 2 heteroatoms. The maximum Gasteiger partial charge on any atom is 0.133 e. The van der Waals surface area contributed by atoms with Gasteiger partial charge in [-0.05, 0) is 113 Å². The number of fused-ring (bicyclic) bond motifs is 5. The van der Waals surface area contributed by atoms with E-state index in [1.165, 1.54) is 38.5 Å². The van der Waals surface area contributed by atoms with Gasteiger partial charge in [0.05, 0.1) is 5.60 Å². The second kappa shape index (κ2) is 6.08. The Morgan fingerprint density at radius 3 is 2.36 bits per heavy atom. The number of aliphatic hydroxyl groups is 1. The lowest BCUT2D eigenvalue weighted by Crippen LogP contribution is -2.56. The van der Waals surface area contributed by atoms with Crippen molar-refractivity contribution in [2.75, 3.05) is 0 Å². The van der Waals surface area contributed by atoms with Crippen LogP contribution in [0.1, 0.15) is 85.5 Å². The van der Waals surface area contributed by atoms with Crippen LogP contribution < -0.4 is 0 Å². The summed E-state index contributed by atoms with van der Waals surface area (Å²) in [5.74, 6) is 5.56. The van der Waals surface area contributed by atoms with E-state index in [4.69, 9.17) is 0 Å². The fourth-order valence-electron chi connectivity index (χ4n) is 8.44. The van der Waals surface area contributed by atoms with E-state index in [-0.39, 0.29) is 5.41 Å². The Labute approximate surface area is 154 Å². The number of ketones is 1. The standard InChI is InChI=1S/C23H38O2/c1-14-5-8-20(15(2)24)23(4)12-10-18-17-9-11-22(3,25)13-16(17)6-7-19(18)21(14)23/h14,16-21,25H,5-13H2,1-4H3/t14-,16+,17+,18-,19-,20-,21+,22-,23-/m1/s1. The van der Waals surface area contributed by atoms with Gasteiger partial charge in [-0.1, -0.05) is 13.8 Å². The minimum atomic E-state index is -0.422. The summed E-state index contributed by atoms with van der Waals surface area (Å²) in [5, 5.41) is 10.5. The normalized spacial score (nSPS) is 55.6. The summed E-state index contributed by atoms with van der Waals surface area (Å²) < 4.78 is 0. The van der Waals surface area contributed by atoms with Crippen molar-refractivity contribution in [2.45, 2.75) is 91.1 Å². The molecule has 0 spiro atoms. The van der Waals surface area contributed by atoms with E-state index in [0.717, 1.165) is 54.8 Å². The Hall–Kier alpha value is -0.370. The Kier molecular flexibility index (Phi) is 4.38. The molecule has 25 heavy (non-hydrogen) atoms. The number of carbonyl (C=O) groups is 1. The predicted molar refractivity (Wildman–Crippen MR) is 101 cm³/mol. The maximum absolute atomic E-state index is 12.4. The molecule has 9 atom stereocenters. The first-order chi connectivity index (χ1) is 11.7. The van der Waals surface area contributed by atoms with Crippen LogP contribution in [-0.4, -0.2) is 16.5 Å². The summed E-state index contributed by atoms with van der Waals surface area (Å²) in [6, 6.07) is 0.